The van der Waals surface area contributed by atoms with Crippen LogP contribution in [0.1, 0.15) is 23.7 Å². The van der Waals surface area contributed by atoms with Gasteiger partial charge in [0.05, 0.1) is 30.9 Å². The molecule has 25 heavy (non-hydrogen) atoms. The molecule has 1 aromatic rings. The molecule has 136 valence electrons. The molecule has 10 nitrogen and oxygen atoms in total. The van der Waals surface area contributed by atoms with Gasteiger partial charge in [0, 0.05) is 19.2 Å². The van der Waals surface area contributed by atoms with E-state index in [2.05, 4.69) is 4.74 Å². The molecule has 1 unspecified atom stereocenters. The second kappa shape index (κ2) is 7.88. The molecular weight excluding hydrogens is 334 g/mol. The predicted molar refractivity (Wildman–Crippen MR) is 85.3 cm³/mol. The Kier molecular flexibility index (Phi) is 5.86. The van der Waals surface area contributed by atoms with Crippen molar-refractivity contribution < 1.29 is 24.0 Å². The van der Waals surface area contributed by atoms with Gasteiger partial charge in [-0.25, -0.2) is 4.79 Å². The minimum atomic E-state index is -0.993. The van der Waals surface area contributed by atoms with Gasteiger partial charge < -0.3 is 14.4 Å². The second-order valence-corrected chi connectivity index (χ2v) is 5.53. The number of amides is 1. The highest BCUT2D eigenvalue weighted by Crippen LogP contribution is 2.13. The van der Waals surface area contributed by atoms with Crippen LogP contribution in [0.2, 0.25) is 0 Å². The number of hydrogen-bond donors (Lipinski definition) is 0. The molecule has 0 radical (unpaired) electrons. The fourth-order valence-corrected chi connectivity index (χ4v) is 2.53. The van der Waals surface area contributed by atoms with Gasteiger partial charge in [0.25, 0.3) is 11.2 Å². The maximum atomic E-state index is 12.4. The molecule has 0 aliphatic carbocycles. The minimum Gasteiger partial charge on any atom is -0.465 e. The fraction of sp³-hybridized carbons (Fsp3) is 0.533. The zero-order valence-corrected chi connectivity index (χ0v) is 14.0. The lowest BCUT2D eigenvalue weighted by molar-refractivity contribution is -0.385. The van der Waals surface area contributed by atoms with E-state index in [0.717, 1.165) is 30.4 Å². The number of methoxy groups -OCH3 is 1. The molecular formula is C15H19N3O7. The average molecular weight is 353 g/mol. The highest BCUT2D eigenvalue weighted by Gasteiger charge is 2.25. The highest BCUT2D eigenvalue weighted by molar-refractivity contribution is 5.89. The normalized spacial score (nSPS) is 17.2. The van der Waals surface area contributed by atoms with Crippen molar-refractivity contribution in [3.8, 4) is 0 Å². The van der Waals surface area contributed by atoms with E-state index < -0.39 is 34.2 Å². The summed E-state index contributed by atoms with van der Waals surface area (Å²) >= 11 is 0. The Morgan fingerprint density at radius 2 is 2.20 bits per heavy atom. The summed E-state index contributed by atoms with van der Waals surface area (Å²) in [6.45, 7) is 2.69. The molecule has 0 N–H and O–H groups in total. The van der Waals surface area contributed by atoms with Crippen molar-refractivity contribution in [2.45, 2.75) is 26.0 Å². The lowest BCUT2D eigenvalue weighted by Gasteiger charge is -2.32. The average Bonchev–Trinajstić information content (AvgIpc) is 2.62. The molecule has 1 amide bonds. The predicted octanol–water partition coefficient (Wildman–Crippen LogP) is 0.180. The summed E-state index contributed by atoms with van der Waals surface area (Å²) in [6, 6.07) is 0.844. The first-order chi connectivity index (χ1) is 11.9. The fourth-order valence-electron chi connectivity index (χ4n) is 2.53. The van der Waals surface area contributed by atoms with E-state index >= 15 is 0 Å². The number of hydrogen-bond acceptors (Lipinski definition) is 7. The van der Waals surface area contributed by atoms with Gasteiger partial charge in [-0.1, -0.05) is 6.92 Å². The standard InChI is InChI=1S/C15H19N3O7/c1-3-11-8-16(4-5-25-11)13(19)9-17-7-10(18(22)23)6-12(14(17)20)15(21)24-2/h6-7,11H,3-5,8-9H2,1-2H3. The third-order valence-corrected chi connectivity index (χ3v) is 3.94. The molecule has 0 saturated carbocycles. The summed E-state index contributed by atoms with van der Waals surface area (Å²) in [5.74, 6) is -1.37. The molecule has 2 heterocycles. The molecule has 0 bridgehead atoms. The minimum absolute atomic E-state index is 0.0786. The van der Waals surface area contributed by atoms with E-state index in [-0.39, 0.29) is 12.0 Å². The van der Waals surface area contributed by atoms with Crippen molar-refractivity contribution >= 4 is 17.6 Å². The number of carbonyl (C=O) groups is 2. The van der Waals surface area contributed by atoms with Gasteiger partial charge in [-0.3, -0.25) is 24.3 Å². The first kappa shape index (κ1) is 18.6. The largest absolute Gasteiger partial charge is 0.465 e. The summed E-state index contributed by atoms with van der Waals surface area (Å²) in [6.07, 6.45) is 1.61. The van der Waals surface area contributed by atoms with Crippen LogP contribution >= 0.6 is 0 Å². The monoisotopic (exact) mass is 353 g/mol. The van der Waals surface area contributed by atoms with Crippen molar-refractivity contribution in [3.05, 3.63) is 38.3 Å². The number of aromatic nitrogens is 1. The number of esters is 1. The Labute approximate surface area is 143 Å². The van der Waals surface area contributed by atoms with Crippen molar-refractivity contribution in [3.63, 3.8) is 0 Å². The van der Waals surface area contributed by atoms with Crippen LogP contribution in [0.15, 0.2) is 17.1 Å². The quantitative estimate of drug-likeness (QED) is 0.420. The Morgan fingerprint density at radius 3 is 2.80 bits per heavy atom. The molecule has 0 spiro atoms. The van der Waals surface area contributed by atoms with Crippen molar-refractivity contribution in [1.29, 1.82) is 0 Å². The molecule has 1 aromatic heterocycles. The Hall–Kier alpha value is -2.75. The van der Waals surface area contributed by atoms with Crippen LogP contribution in [-0.4, -0.2) is 59.2 Å². The first-order valence-electron chi connectivity index (χ1n) is 7.74. The van der Waals surface area contributed by atoms with Gasteiger partial charge in [0.2, 0.25) is 5.91 Å². The van der Waals surface area contributed by atoms with E-state index in [9.17, 15) is 24.5 Å². The SMILES string of the molecule is CCC1CN(C(=O)Cn2cc([N+](=O)[O-])cc(C(=O)OC)c2=O)CCO1. The van der Waals surface area contributed by atoms with Crippen LogP contribution in [0.5, 0.6) is 0 Å². The lowest BCUT2D eigenvalue weighted by atomic mass is 10.2. The maximum absolute atomic E-state index is 12.4. The molecule has 1 atom stereocenters. The molecule has 1 aliphatic rings. The molecule has 1 fully saturated rings. The Bertz CT molecular complexity index is 743. The van der Waals surface area contributed by atoms with E-state index in [0.29, 0.717) is 19.7 Å². The van der Waals surface area contributed by atoms with Crippen LogP contribution in [-0.2, 0) is 20.8 Å². The van der Waals surface area contributed by atoms with Crippen molar-refractivity contribution in [2.75, 3.05) is 26.8 Å². The highest BCUT2D eigenvalue weighted by atomic mass is 16.6. The van der Waals surface area contributed by atoms with Crippen LogP contribution in [0.3, 0.4) is 0 Å². The number of nitro groups is 1. The third-order valence-electron chi connectivity index (χ3n) is 3.94. The van der Waals surface area contributed by atoms with E-state index in [1.165, 1.54) is 0 Å². The van der Waals surface area contributed by atoms with Crippen molar-refractivity contribution in [1.82, 2.24) is 9.47 Å². The zero-order chi connectivity index (χ0) is 18.6. The van der Waals surface area contributed by atoms with Crippen LogP contribution in [0.4, 0.5) is 5.69 Å². The summed E-state index contributed by atoms with van der Waals surface area (Å²) in [4.78, 5) is 48.2. The number of ether oxygens (including phenoxy) is 2. The summed E-state index contributed by atoms with van der Waals surface area (Å²) in [7, 11) is 1.06. The molecule has 1 aliphatic heterocycles. The summed E-state index contributed by atoms with van der Waals surface area (Å²) in [5, 5.41) is 11.0. The van der Waals surface area contributed by atoms with Crippen molar-refractivity contribution in [2.24, 2.45) is 0 Å². The second-order valence-electron chi connectivity index (χ2n) is 5.53. The summed E-state index contributed by atoms with van der Waals surface area (Å²) < 4.78 is 10.8. The number of pyridine rings is 1. The van der Waals surface area contributed by atoms with Crippen LogP contribution < -0.4 is 5.56 Å². The zero-order valence-electron chi connectivity index (χ0n) is 14.0. The van der Waals surface area contributed by atoms with Gasteiger partial charge in [-0.05, 0) is 6.42 Å². The van der Waals surface area contributed by atoms with Gasteiger partial charge in [-0.15, -0.1) is 0 Å². The molecule has 0 aromatic carbocycles. The molecule has 2 rings (SSSR count). The number of carbonyl (C=O) groups excluding carboxylic acids is 2. The van der Waals surface area contributed by atoms with Gasteiger partial charge in [0.15, 0.2) is 0 Å². The molecule has 1 saturated heterocycles. The maximum Gasteiger partial charge on any atom is 0.343 e. The van der Waals surface area contributed by atoms with Crippen LogP contribution in [0.25, 0.3) is 0 Å². The van der Waals surface area contributed by atoms with E-state index in [1.54, 1.807) is 4.90 Å². The lowest BCUT2D eigenvalue weighted by Crippen LogP contribution is -2.47. The number of rotatable bonds is 5. The Morgan fingerprint density at radius 1 is 1.48 bits per heavy atom. The molecule has 10 heteroatoms. The smallest absolute Gasteiger partial charge is 0.343 e. The summed E-state index contributed by atoms with van der Waals surface area (Å²) in [5.41, 5.74) is -1.77. The van der Waals surface area contributed by atoms with Gasteiger partial charge in [0.1, 0.15) is 12.1 Å². The van der Waals surface area contributed by atoms with Gasteiger partial charge >= 0.3 is 5.97 Å². The van der Waals surface area contributed by atoms with Crippen LogP contribution in [0, 0.1) is 10.1 Å². The topological polar surface area (TPSA) is 121 Å². The first-order valence-corrected chi connectivity index (χ1v) is 7.74. The van der Waals surface area contributed by atoms with E-state index in [4.69, 9.17) is 4.74 Å². The van der Waals surface area contributed by atoms with E-state index in [1.807, 2.05) is 6.92 Å². The third kappa shape index (κ3) is 4.21. The Balaban J connectivity index is 2.30. The number of morpholine rings is 1. The number of nitrogens with zero attached hydrogens (tertiary/aromatic N) is 3. The van der Waals surface area contributed by atoms with Gasteiger partial charge in [-0.2, -0.15) is 0 Å².